The molecule has 0 fully saturated rings. The maximum atomic E-state index is 5.53. The summed E-state index contributed by atoms with van der Waals surface area (Å²) in [6, 6.07) is 0. The molecule has 0 spiro atoms. The third-order valence-corrected chi connectivity index (χ3v) is 1.15. The van der Waals surface area contributed by atoms with Gasteiger partial charge in [-0.3, -0.25) is 0 Å². The van der Waals surface area contributed by atoms with Gasteiger partial charge in [-0.05, 0) is 6.92 Å². The first-order valence-corrected chi connectivity index (χ1v) is 2.53. The highest BCUT2D eigenvalue weighted by Crippen LogP contribution is 2.05. The van der Waals surface area contributed by atoms with Gasteiger partial charge in [0.25, 0.3) is 0 Å². The van der Waals surface area contributed by atoms with Crippen LogP contribution in [-0.2, 0) is 0 Å². The number of hydrogen-bond donors (Lipinski definition) is 0. The maximum Gasteiger partial charge on any atom is 0.136 e. The molecule has 0 amide bonds. The van der Waals surface area contributed by atoms with Crippen LogP contribution < -0.4 is 0 Å². The quantitative estimate of drug-likeness (QED) is 0.490. The smallest absolute Gasteiger partial charge is 0.136 e. The predicted molar refractivity (Wildman–Crippen MR) is 30.6 cm³/mol. The molecule has 0 unspecified atom stereocenters. The summed E-state index contributed by atoms with van der Waals surface area (Å²) in [5, 5.41) is 0.472. The number of aryl methyl sites for hydroxylation is 1. The minimum atomic E-state index is 0.472. The van der Waals surface area contributed by atoms with E-state index in [9.17, 15) is 0 Å². The molecule has 0 atom stereocenters. The number of aromatic nitrogens is 2. The van der Waals surface area contributed by atoms with Crippen molar-refractivity contribution in [3.8, 4) is 0 Å². The van der Waals surface area contributed by atoms with Gasteiger partial charge >= 0.3 is 0 Å². The SMILES string of the molecule is Cc1[c]ncnc1Cl. The molecule has 0 aliphatic heterocycles. The molecule has 1 aromatic heterocycles. The van der Waals surface area contributed by atoms with E-state index in [0.29, 0.717) is 5.15 Å². The van der Waals surface area contributed by atoms with Crippen LogP contribution >= 0.6 is 11.6 Å². The maximum absolute atomic E-state index is 5.53. The van der Waals surface area contributed by atoms with Crippen LogP contribution in [0.1, 0.15) is 5.56 Å². The van der Waals surface area contributed by atoms with Gasteiger partial charge in [-0.1, -0.05) is 11.6 Å². The molecular formula is C5H4ClN2. The molecule has 0 saturated heterocycles. The second-order valence-corrected chi connectivity index (χ2v) is 1.76. The van der Waals surface area contributed by atoms with Crippen LogP contribution in [0.4, 0.5) is 0 Å². The summed E-state index contributed by atoms with van der Waals surface area (Å²) in [5.74, 6) is 0. The van der Waals surface area contributed by atoms with Crippen LogP contribution in [0.2, 0.25) is 5.15 Å². The normalized spacial score (nSPS) is 9.25. The lowest BCUT2D eigenvalue weighted by molar-refractivity contribution is 1.12. The fourth-order valence-electron chi connectivity index (χ4n) is 0.348. The van der Waals surface area contributed by atoms with Crippen molar-refractivity contribution in [2.75, 3.05) is 0 Å². The van der Waals surface area contributed by atoms with Crippen LogP contribution in [-0.4, -0.2) is 9.97 Å². The average molecular weight is 128 g/mol. The molecule has 1 heterocycles. The molecule has 0 aromatic carbocycles. The van der Waals surface area contributed by atoms with Gasteiger partial charge in [-0.15, -0.1) is 0 Å². The Morgan fingerprint density at radius 1 is 1.75 bits per heavy atom. The molecule has 1 radical (unpaired) electrons. The van der Waals surface area contributed by atoms with Crippen molar-refractivity contribution in [3.05, 3.63) is 23.2 Å². The van der Waals surface area contributed by atoms with E-state index in [4.69, 9.17) is 11.6 Å². The van der Waals surface area contributed by atoms with Crippen molar-refractivity contribution >= 4 is 11.6 Å². The number of nitrogens with zero attached hydrogens (tertiary/aromatic N) is 2. The lowest BCUT2D eigenvalue weighted by Crippen LogP contribution is -1.81. The third-order valence-electron chi connectivity index (χ3n) is 0.771. The van der Waals surface area contributed by atoms with Gasteiger partial charge < -0.3 is 0 Å². The molecule has 0 aliphatic rings. The highest BCUT2D eigenvalue weighted by atomic mass is 35.5. The fraction of sp³-hybridized carbons (Fsp3) is 0.200. The summed E-state index contributed by atoms with van der Waals surface area (Å²) in [6.07, 6.45) is 4.03. The van der Waals surface area contributed by atoms with Gasteiger partial charge in [-0.25, -0.2) is 9.97 Å². The first kappa shape index (κ1) is 5.51. The van der Waals surface area contributed by atoms with E-state index in [2.05, 4.69) is 16.2 Å². The van der Waals surface area contributed by atoms with Crippen molar-refractivity contribution in [1.29, 1.82) is 0 Å². The first-order chi connectivity index (χ1) is 3.80. The van der Waals surface area contributed by atoms with Crippen molar-refractivity contribution < 1.29 is 0 Å². The topological polar surface area (TPSA) is 25.8 Å². The van der Waals surface area contributed by atoms with Crippen LogP contribution in [0, 0.1) is 13.1 Å². The van der Waals surface area contributed by atoms with Crippen LogP contribution in [0.3, 0.4) is 0 Å². The van der Waals surface area contributed by atoms with Gasteiger partial charge in [0.15, 0.2) is 0 Å². The van der Waals surface area contributed by atoms with Crippen molar-refractivity contribution in [1.82, 2.24) is 9.97 Å². The average Bonchev–Trinajstić information content (AvgIpc) is 1.77. The number of halogens is 1. The summed E-state index contributed by atoms with van der Waals surface area (Å²) < 4.78 is 0. The molecule has 0 bridgehead atoms. The Balaban J connectivity index is 3.13. The van der Waals surface area contributed by atoms with Gasteiger partial charge in [0, 0.05) is 5.56 Å². The zero-order valence-corrected chi connectivity index (χ0v) is 5.11. The van der Waals surface area contributed by atoms with E-state index in [-0.39, 0.29) is 0 Å². The van der Waals surface area contributed by atoms with E-state index in [1.165, 1.54) is 6.33 Å². The molecule has 0 saturated carbocycles. The molecule has 2 nitrogen and oxygen atoms in total. The predicted octanol–water partition coefficient (Wildman–Crippen LogP) is 1.24. The lowest BCUT2D eigenvalue weighted by Gasteiger charge is -1.88. The van der Waals surface area contributed by atoms with E-state index in [0.717, 1.165) is 5.56 Å². The van der Waals surface area contributed by atoms with Gasteiger partial charge in [0.1, 0.15) is 11.5 Å². The second kappa shape index (κ2) is 2.09. The summed E-state index contributed by atoms with van der Waals surface area (Å²) in [6.45, 7) is 1.81. The standard InChI is InChI=1S/C5H4ClN2/c1-4-2-7-3-8-5(4)6/h3H,1H3. The van der Waals surface area contributed by atoms with Crippen molar-refractivity contribution in [2.24, 2.45) is 0 Å². The fourth-order valence-corrected chi connectivity index (χ4v) is 0.434. The number of rotatable bonds is 0. The Kier molecular flexibility index (Phi) is 1.44. The zero-order valence-electron chi connectivity index (χ0n) is 4.35. The van der Waals surface area contributed by atoms with Crippen molar-refractivity contribution in [3.63, 3.8) is 0 Å². The summed E-state index contributed by atoms with van der Waals surface area (Å²) in [5.41, 5.74) is 0.786. The van der Waals surface area contributed by atoms with Crippen LogP contribution in [0.15, 0.2) is 6.33 Å². The largest absolute Gasteiger partial charge is 0.234 e. The zero-order chi connectivity index (χ0) is 5.98. The highest BCUT2D eigenvalue weighted by molar-refractivity contribution is 6.30. The Morgan fingerprint density at radius 3 is 2.88 bits per heavy atom. The lowest BCUT2D eigenvalue weighted by atomic mass is 10.4. The Bertz CT molecular complexity index is 167. The van der Waals surface area contributed by atoms with E-state index in [1.54, 1.807) is 0 Å². The summed E-state index contributed by atoms with van der Waals surface area (Å²) in [4.78, 5) is 7.33. The second-order valence-electron chi connectivity index (χ2n) is 1.40. The van der Waals surface area contributed by atoms with E-state index in [1.807, 2.05) is 6.92 Å². The molecule has 41 valence electrons. The Hall–Kier alpha value is -0.630. The van der Waals surface area contributed by atoms with E-state index >= 15 is 0 Å². The minimum Gasteiger partial charge on any atom is -0.234 e. The highest BCUT2D eigenvalue weighted by Gasteiger charge is 1.90. The molecule has 1 rings (SSSR count). The minimum absolute atomic E-state index is 0.472. The van der Waals surface area contributed by atoms with Crippen molar-refractivity contribution in [2.45, 2.75) is 6.92 Å². The molecule has 0 aliphatic carbocycles. The Labute approximate surface area is 52.5 Å². The van der Waals surface area contributed by atoms with Crippen LogP contribution in [0.5, 0.6) is 0 Å². The van der Waals surface area contributed by atoms with Crippen LogP contribution in [0.25, 0.3) is 0 Å². The van der Waals surface area contributed by atoms with Gasteiger partial charge in [-0.2, -0.15) is 0 Å². The summed E-state index contributed by atoms with van der Waals surface area (Å²) in [7, 11) is 0. The number of hydrogen-bond acceptors (Lipinski definition) is 2. The summed E-state index contributed by atoms with van der Waals surface area (Å²) >= 11 is 5.53. The van der Waals surface area contributed by atoms with E-state index < -0.39 is 0 Å². The molecule has 3 heteroatoms. The Morgan fingerprint density at radius 2 is 2.50 bits per heavy atom. The monoisotopic (exact) mass is 127 g/mol. The first-order valence-electron chi connectivity index (χ1n) is 2.15. The van der Waals surface area contributed by atoms with Gasteiger partial charge in [0.05, 0.1) is 6.20 Å². The van der Waals surface area contributed by atoms with Gasteiger partial charge in [0.2, 0.25) is 0 Å². The molecule has 0 N–H and O–H groups in total. The molecule has 1 aromatic rings. The molecular weight excluding hydrogens is 124 g/mol. The third kappa shape index (κ3) is 0.954. The molecule has 8 heavy (non-hydrogen) atoms.